The molecule has 1 heterocycles. The summed E-state index contributed by atoms with van der Waals surface area (Å²) < 4.78 is 41.2. The summed E-state index contributed by atoms with van der Waals surface area (Å²) in [5.41, 5.74) is 0. The van der Waals surface area contributed by atoms with Gasteiger partial charge in [-0.2, -0.15) is 8.42 Å². The number of nitrogens with one attached hydrogen (secondary N) is 1. The molecule has 0 bridgehead atoms. The minimum atomic E-state index is -4.11. The van der Waals surface area contributed by atoms with Crippen molar-refractivity contribution < 1.29 is 37.5 Å². The van der Waals surface area contributed by atoms with Crippen molar-refractivity contribution >= 4 is 16.0 Å². The van der Waals surface area contributed by atoms with E-state index in [1.807, 2.05) is 0 Å². The number of rotatable bonds is 10. The monoisotopic (exact) mass is 383 g/mol. The van der Waals surface area contributed by atoms with Crippen molar-refractivity contribution in [2.24, 2.45) is 0 Å². The quantitative estimate of drug-likeness (QED) is 0.380. The van der Waals surface area contributed by atoms with Crippen LogP contribution in [0.1, 0.15) is 46.5 Å². The maximum Gasteiger partial charge on any atom is 0.266 e. The van der Waals surface area contributed by atoms with Crippen molar-refractivity contribution in [1.82, 2.24) is 5.32 Å². The van der Waals surface area contributed by atoms with E-state index in [1.54, 1.807) is 20.8 Å². The Morgan fingerprint density at radius 2 is 1.76 bits per heavy atom. The van der Waals surface area contributed by atoms with Crippen LogP contribution in [0, 0.1) is 0 Å². The summed E-state index contributed by atoms with van der Waals surface area (Å²) in [7, 11) is -4.11. The van der Waals surface area contributed by atoms with Crippen molar-refractivity contribution in [2.75, 3.05) is 12.3 Å². The van der Waals surface area contributed by atoms with Gasteiger partial charge in [0.05, 0.1) is 30.2 Å². The second-order valence-corrected chi connectivity index (χ2v) is 8.43. The lowest BCUT2D eigenvalue weighted by molar-refractivity contribution is -0.150. The van der Waals surface area contributed by atoms with E-state index >= 15 is 0 Å². The molecule has 4 N–H and O–H groups in total. The van der Waals surface area contributed by atoms with Crippen LogP contribution in [0.15, 0.2) is 0 Å². The summed E-state index contributed by atoms with van der Waals surface area (Å²) in [6.45, 7) is 4.99. The second kappa shape index (κ2) is 9.24. The molecule has 0 radical (unpaired) electrons. The van der Waals surface area contributed by atoms with E-state index in [2.05, 4.69) is 5.32 Å². The highest BCUT2D eigenvalue weighted by Gasteiger charge is 2.42. The highest BCUT2D eigenvalue weighted by molar-refractivity contribution is 7.85. The summed E-state index contributed by atoms with van der Waals surface area (Å²) in [6.07, 6.45) is -1.24. The smallest absolute Gasteiger partial charge is 0.266 e. The molecule has 0 spiro atoms. The first-order valence-corrected chi connectivity index (χ1v) is 9.92. The van der Waals surface area contributed by atoms with Gasteiger partial charge in [0.25, 0.3) is 10.1 Å². The zero-order chi connectivity index (χ0) is 19.3. The number of aliphatic hydroxyl groups excluding tert-OH is 2. The van der Waals surface area contributed by atoms with Crippen molar-refractivity contribution in [1.29, 1.82) is 0 Å². The van der Waals surface area contributed by atoms with Crippen molar-refractivity contribution in [3.8, 4) is 0 Å². The molecule has 9 nitrogen and oxygen atoms in total. The van der Waals surface area contributed by atoms with Crippen LogP contribution in [0.2, 0.25) is 0 Å². The molecule has 25 heavy (non-hydrogen) atoms. The van der Waals surface area contributed by atoms with Crippen molar-refractivity contribution in [3.63, 3.8) is 0 Å². The van der Waals surface area contributed by atoms with E-state index in [4.69, 9.17) is 14.0 Å². The number of hydrogen-bond acceptors (Lipinski definition) is 7. The topological polar surface area (TPSA) is 142 Å². The third-order valence-corrected chi connectivity index (χ3v) is 4.47. The highest BCUT2D eigenvalue weighted by Crippen LogP contribution is 2.33. The van der Waals surface area contributed by atoms with E-state index in [0.29, 0.717) is 6.42 Å². The van der Waals surface area contributed by atoms with Crippen molar-refractivity contribution in [2.45, 2.75) is 76.7 Å². The first-order valence-electron chi connectivity index (χ1n) is 8.31. The van der Waals surface area contributed by atoms with Gasteiger partial charge in [0.15, 0.2) is 5.79 Å². The van der Waals surface area contributed by atoms with E-state index in [0.717, 1.165) is 0 Å². The second-order valence-electron chi connectivity index (χ2n) is 6.86. The van der Waals surface area contributed by atoms with Crippen LogP contribution in [0.25, 0.3) is 0 Å². The van der Waals surface area contributed by atoms with E-state index in [1.165, 1.54) is 0 Å². The summed E-state index contributed by atoms with van der Waals surface area (Å²) in [6, 6.07) is 0. The zero-order valence-electron chi connectivity index (χ0n) is 14.8. The Balaban J connectivity index is 2.37. The molecule has 1 aliphatic heterocycles. The van der Waals surface area contributed by atoms with Crippen LogP contribution < -0.4 is 5.32 Å². The summed E-state index contributed by atoms with van der Waals surface area (Å²) in [5.74, 6) is -1.76. The average Bonchev–Trinajstić information content (AvgIpc) is 2.68. The SMILES string of the molecule is CC(O)C[C@@H]1OC(C)(C)O[C@@H]1CC(O)CCC(=O)NCCS(=O)(=O)O. The minimum Gasteiger partial charge on any atom is -0.393 e. The molecule has 0 aromatic heterocycles. The maximum absolute atomic E-state index is 11.6. The Hall–Kier alpha value is -0.780. The van der Waals surface area contributed by atoms with Gasteiger partial charge in [0, 0.05) is 25.8 Å². The molecule has 4 atom stereocenters. The first kappa shape index (κ1) is 22.3. The maximum atomic E-state index is 11.6. The van der Waals surface area contributed by atoms with Crippen LogP contribution in [-0.4, -0.2) is 71.6 Å². The van der Waals surface area contributed by atoms with Gasteiger partial charge in [-0.15, -0.1) is 0 Å². The summed E-state index contributed by atoms with van der Waals surface area (Å²) in [5, 5.41) is 22.0. The van der Waals surface area contributed by atoms with Crippen molar-refractivity contribution in [3.05, 3.63) is 0 Å². The van der Waals surface area contributed by atoms with E-state index < -0.39 is 39.8 Å². The molecule has 1 saturated heterocycles. The Bertz CT molecular complexity index is 534. The molecule has 0 saturated carbocycles. The fraction of sp³-hybridized carbons (Fsp3) is 0.933. The van der Waals surface area contributed by atoms with Gasteiger partial charge in [-0.05, 0) is 27.2 Å². The summed E-state index contributed by atoms with van der Waals surface area (Å²) >= 11 is 0. The fourth-order valence-corrected chi connectivity index (χ4v) is 3.10. The fourth-order valence-electron chi connectivity index (χ4n) is 2.74. The Morgan fingerprint density at radius 3 is 2.28 bits per heavy atom. The molecule has 1 aliphatic rings. The average molecular weight is 383 g/mol. The zero-order valence-corrected chi connectivity index (χ0v) is 15.7. The molecular formula is C15H29NO8S. The molecule has 1 fully saturated rings. The van der Waals surface area contributed by atoms with Gasteiger partial charge in [-0.3, -0.25) is 9.35 Å². The molecule has 2 unspecified atom stereocenters. The van der Waals surface area contributed by atoms with Gasteiger partial charge in [0.2, 0.25) is 5.91 Å². The van der Waals surface area contributed by atoms with Crippen LogP contribution in [-0.2, 0) is 24.4 Å². The number of aliphatic hydroxyl groups is 2. The molecular weight excluding hydrogens is 354 g/mol. The van der Waals surface area contributed by atoms with Gasteiger partial charge in [-0.25, -0.2) is 0 Å². The number of ether oxygens (including phenoxy) is 2. The van der Waals surface area contributed by atoms with Crippen LogP contribution in [0.3, 0.4) is 0 Å². The number of hydrogen-bond donors (Lipinski definition) is 4. The molecule has 148 valence electrons. The Kier molecular flexibility index (Phi) is 8.23. The molecule has 1 rings (SSSR count). The third kappa shape index (κ3) is 9.47. The van der Waals surface area contributed by atoms with Gasteiger partial charge >= 0.3 is 0 Å². The molecule has 0 aromatic carbocycles. The molecule has 0 aromatic rings. The predicted molar refractivity (Wildman–Crippen MR) is 89.4 cm³/mol. The Labute approximate surface area is 148 Å². The van der Waals surface area contributed by atoms with Gasteiger partial charge in [0.1, 0.15) is 0 Å². The molecule has 0 aliphatic carbocycles. The first-order chi connectivity index (χ1) is 11.4. The number of amides is 1. The van der Waals surface area contributed by atoms with Gasteiger partial charge < -0.3 is 25.0 Å². The van der Waals surface area contributed by atoms with Gasteiger partial charge in [-0.1, -0.05) is 0 Å². The van der Waals surface area contributed by atoms with Crippen LogP contribution in [0.5, 0.6) is 0 Å². The minimum absolute atomic E-state index is 0.0185. The lowest BCUT2D eigenvalue weighted by Crippen LogP contribution is -2.32. The van der Waals surface area contributed by atoms with Crippen LogP contribution >= 0.6 is 0 Å². The normalized spacial score (nSPS) is 25.5. The third-order valence-electron chi connectivity index (χ3n) is 3.75. The number of carbonyl (C=O) groups excluding carboxylic acids is 1. The lowest BCUT2D eigenvalue weighted by atomic mass is 10.00. The van der Waals surface area contributed by atoms with E-state index in [-0.39, 0.29) is 38.0 Å². The summed E-state index contributed by atoms with van der Waals surface area (Å²) in [4.78, 5) is 11.6. The lowest BCUT2D eigenvalue weighted by Gasteiger charge is -2.20. The number of carbonyl (C=O) groups is 1. The van der Waals surface area contributed by atoms with E-state index in [9.17, 15) is 23.4 Å². The molecule has 1 amide bonds. The largest absolute Gasteiger partial charge is 0.393 e. The standard InChI is InChI=1S/C15H29NO8S/c1-10(17)8-12-13(24-15(2,3)23-12)9-11(18)4-5-14(19)16-6-7-25(20,21)22/h10-13,17-18H,4-9H2,1-3H3,(H,16,19)(H,20,21,22)/t10?,11?,12-,13+/m0/s1. The highest BCUT2D eigenvalue weighted by atomic mass is 32.2. The molecule has 10 heteroatoms. The predicted octanol–water partition coefficient (Wildman–Crippen LogP) is -0.187. The van der Waals surface area contributed by atoms with Crippen LogP contribution in [0.4, 0.5) is 0 Å². The Morgan fingerprint density at radius 1 is 1.20 bits per heavy atom.